The van der Waals surface area contributed by atoms with Crippen molar-refractivity contribution in [2.24, 2.45) is 0 Å². The van der Waals surface area contributed by atoms with E-state index in [4.69, 9.17) is 0 Å². The Morgan fingerprint density at radius 2 is 1.68 bits per heavy atom. The van der Waals surface area contributed by atoms with Gasteiger partial charge in [-0.3, -0.25) is 0 Å². The summed E-state index contributed by atoms with van der Waals surface area (Å²) in [5, 5.41) is 16.7. The summed E-state index contributed by atoms with van der Waals surface area (Å²) >= 11 is 0. The number of hydrogen-bond donors (Lipinski definition) is 0. The van der Waals surface area contributed by atoms with Crippen LogP contribution in [0.25, 0.3) is 28.3 Å². The number of aromatic nitrogens is 7. The van der Waals surface area contributed by atoms with Crippen LogP contribution in [0.1, 0.15) is 42.1 Å². The lowest BCUT2D eigenvalue weighted by atomic mass is 10.0. The maximum atomic E-state index is 12.7. The highest BCUT2D eigenvalue weighted by Gasteiger charge is 2.38. The molecule has 5 rings (SSSR count). The van der Waals surface area contributed by atoms with E-state index in [9.17, 15) is 13.2 Å². The summed E-state index contributed by atoms with van der Waals surface area (Å²) in [6.07, 6.45) is 0.794. The van der Waals surface area contributed by atoms with Gasteiger partial charge in [0.15, 0.2) is 0 Å². The lowest BCUT2D eigenvalue weighted by Gasteiger charge is -2.14. The Morgan fingerprint density at radius 3 is 2.30 bits per heavy atom. The SMILES string of the molecule is CCc1cccc(CC)c1-n1ncc(-c2cn(Cc3ccc(-c4noc(C(F)(F)F)n4)cc3)nn2)c1C. The average Bonchev–Trinajstić information content (AvgIpc) is 3.64. The van der Waals surface area contributed by atoms with Crippen molar-refractivity contribution in [1.82, 2.24) is 34.9 Å². The van der Waals surface area contributed by atoms with Gasteiger partial charge in [-0.2, -0.15) is 23.3 Å². The van der Waals surface area contributed by atoms with Crippen molar-refractivity contribution in [3.8, 4) is 28.3 Å². The van der Waals surface area contributed by atoms with Gasteiger partial charge in [-0.1, -0.05) is 66.7 Å². The highest BCUT2D eigenvalue weighted by Crippen LogP contribution is 2.30. The summed E-state index contributed by atoms with van der Waals surface area (Å²) in [7, 11) is 0. The highest BCUT2D eigenvalue weighted by atomic mass is 19.4. The van der Waals surface area contributed by atoms with E-state index in [1.54, 1.807) is 28.9 Å². The van der Waals surface area contributed by atoms with Crippen LogP contribution in [0.5, 0.6) is 0 Å². The molecule has 190 valence electrons. The van der Waals surface area contributed by atoms with Crippen LogP contribution < -0.4 is 0 Å². The molecule has 3 aromatic heterocycles. The predicted octanol–water partition coefficient (Wildman–Crippen LogP) is 5.68. The molecule has 0 radical (unpaired) electrons. The minimum Gasteiger partial charge on any atom is -0.329 e. The average molecular weight is 508 g/mol. The molecule has 2 aromatic carbocycles. The van der Waals surface area contributed by atoms with Gasteiger partial charge < -0.3 is 4.52 Å². The van der Waals surface area contributed by atoms with Gasteiger partial charge in [-0.05, 0) is 36.5 Å². The molecule has 0 aliphatic rings. The van der Waals surface area contributed by atoms with E-state index in [0.29, 0.717) is 17.8 Å². The third-order valence-corrected chi connectivity index (χ3v) is 6.23. The maximum Gasteiger partial charge on any atom is 0.471 e. The van der Waals surface area contributed by atoms with Crippen LogP contribution in [-0.4, -0.2) is 34.9 Å². The summed E-state index contributed by atoms with van der Waals surface area (Å²) in [4.78, 5) is 3.42. The van der Waals surface area contributed by atoms with Gasteiger partial charge in [0.1, 0.15) is 5.69 Å². The number of rotatable bonds is 7. The van der Waals surface area contributed by atoms with Crippen molar-refractivity contribution in [2.75, 3.05) is 0 Å². The third-order valence-electron chi connectivity index (χ3n) is 6.23. The van der Waals surface area contributed by atoms with Crippen molar-refractivity contribution in [3.05, 3.63) is 83.1 Å². The number of alkyl halides is 3. The van der Waals surface area contributed by atoms with E-state index >= 15 is 0 Å². The molecule has 0 saturated heterocycles. The number of nitrogens with zero attached hydrogens (tertiary/aromatic N) is 7. The van der Waals surface area contributed by atoms with Crippen LogP contribution in [-0.2, 0) is 25.6 Å². The van der Waals surface area contributed by atoms with Crippen LogP contribution in [0.3, 0.4) is 0 Å². The summed E-state index contributed by atoms with van der Waals surface area (Å²) in [6.45, 7) is 6.73. The molecule has 0 aliphatic heterocycles. The van der Waals surface area contributed by atoms with Crippen molar-refractivity contribution >= 4 is 0 Å². The second kappa shape index (κ2) is 9.64. The molecule has 0 N–H and O–H groups in total. The fourth-order valence-electron chi connectivity index (χ4n) is 4.27. The third kappa shape index (κ3) is 4.76. The zero-order chi connectivity index (χ0) is 26.2. The number of halogens is 3. The Kier molecular flexibility index (Phi) is 6.36. The number of hydrogen-bond acceptors (Lipinski definition) is 6. The van der Waals surface area contributed by atoms with E-state index in [2.05, 4.69) is 62.1 Å². The molecule has 0 atom stereocenters. The lowest BCUT2D eigenvalue weighted by Crippen LogP contribution is -2.06. The summed E-state index contributed by atoms with van der Waals surface area (Å²) < 4.78 is 46.1. The van der Waals surface area contributed by atoms with E-state index in [1.807, 2.05) is 24.0 Å². The second-order valence-electron chi connectivity index (χ2n) is 8.61. The molecule has 11 heteroatoms. The quantitative estimate of drug-likeness (QED) is 0.282. The summed E-state index contributed by atoms with van der Waals surface area (Å²) in [5.41, 5.74) is 7.48. The van der Waals surface area contributed by atoms with Gasteiger partial charge in [0, 0.05) is 11.1 Å². The standard InChI is InChI=1S/C26H24F3N7O/c1-4-18-7-6-8-19(5-2)23(18)36-16(3)21(13-30-36)22-15-35(34-32-22)14-17-9-11-20(12-10-17)24-31-25(37-33-24)26(27,28)29/h6-13,15H,4-5,14H2,1-3H3. The number of para-hydroxylation sites is 1. The van der Waals surface area contributed by atoms with Crippen LogP contribution in [0.15, 0.2) is 59.4 Å². The van der Waals surface area contributed by atoms with Gasteiger partial charge in [0.25, 0.3) is 0 Å². The molecule has 37 heavy (non-hydrogen) atoms. The van der Waals surface area contributed by atoms with E-state index in [-0.39, 0.29) is 5.82 Å². The molecule has 0 aliphatic carbocycles. The van der Waals surface area contributed by atoms with Crippen molar-refractivity contribution in [1.29, 1.82) is 0 Å². The topological polar surface area (TPSA) is 87.5 Å². The van der Waals surface area contributed by atoms with Gasteiger partial charge in [0.05, 0.1) is 30.3 Å². The van der Waals surface area contributed by atoms with Crippen molar-refractivity contribution in [3.63, 3.8) is 0 Å². The van der Waals surface area contributed by atoms with Crippen molar-refractivity contribution < 1.29 is 17.7 Å². The maximum absolute atomic E-state index is 12.7. The minimum absolute atomic E-state index is 0.120. The van der Waals surface area contributed by atoms with E-state index in [0.717, 1.165) is 35.3 Å². The predicted molar refractivity (Wildman–Crippen MR) is 130 cm³/mol. The Balaban J connectivity index is 1.35. The molecule has 8 nitrogen and oxygen atoms in total. The van der Waals surface area contributed by atoms with E-state index < -0.39 is 12.1 Å². The van der Waals surface area contributed by atoms with Crippen LogP contribution in [0, 0.1) is 6.92 Å². The molecular formula is C26H24F3N7O. The molecule has 0 amide bonds. The monoisotopic (exact) mass is 507 g/mol. The molecule has 0 saturated carbocycles. The normalized spacial score (nSPS) is 11.8. The molecule has 0 unspecified atom stereocenters. The smallest absolute Gasteiger partial charge is 0.329 e. The first kappa shape index (κ1) is 24.4. The Bertz CT molecular complexity index is 1510. The van der Waals surface area contributed by atoms with Crippen molar-refractivity contribution in [2.45, 2.75) is 46.3 Å². The van der Waals surface area contributed by atoms with Crippen LogP contribution in [0.2, 0.25) is 0 Å². The fourth-order valence-corrected chi connectivity index (χ4v) is 4.27. The number of benzene rings is 2. The summed E-state index contributed by atoms with van der Waals surface area (Å²) in [5.74, 6) is -1.49. The minimum atomic E-state index is -4.68. The van der Waals surface area contributed by atoms with Crippen LogP contribution in [0.4, 0.5) is 13.2 Å². The van der Waals surface area contributed by atoms with Crippen LogP contribution >= 0.6 is 0 Å². The van der Waals surface area contributed by atoms with Gasteiger partial charge in [-0.15, -0.1) is 5.10 Å². The Hall–Kier alpha value is -4.28. The van der Waals surface area contributed by atoms with Gasteiger partial charge in [0.2, 0.25) is 5.82 Å². The molecule has 3 heterocycles. The first-order chi connectivity index (χ1) is 17.8. The molecule has 5 aromatic rings. The first-order valence-corrected chi connectivity index (χ1v) is 11.8. The zero-order valence-electron chi connectivity index (χ0n) is 20.5. The van der Waals surface area contributed by atoms with Gasteiger partial charge in [-0.25, -0.2) is 9.36 Å². The van der Waals surface area contributed by atoms with E-state index in [1.165, 1.54) is 11.1 Å². The largest absolute Gasteiger partial charge is 0.471 e. The summed E-state index contributed by atoms with van der Waals surface area (Å²) in [6, 6.07) is 13.2. The Morgan fingerprint density at radius 1 is 0.973 bits per heavy atom. The number of aryl methyl sites for hydroxylation is 2. The molecule has 0 spiro atoms. The molecular weight excluding hydrogens is 483 g/mol. The zero-order valence-corrected chi connectivity index (χ0v) is 20.5. The lowest BCUT2D eigenvalue weighted by molar-refractivity contribution is -0.159. The molecule has 0 fully saturated rings. The fraction of sp³-hybridized carbons (Fsp3) is 0.269. The Labute approximate surface area is 210 Å². The second-order valence-corrected chi connectivity index (χ2v) is 8.61. The highest BCUT2D eigenvalue weighted by molar-refractivity contribution is 5.62. The molecule has 0 bridgehead atoms. The van der Waals surface area contributed by atoms with Gasteiger partial charge >= 0.3 is 12.1 Å². The first-order valence-electron chi connectivity index (χ1n) is 11.8.